The molecule has 0 saturated carbocycles. The van der Waals surface area contributed by atoms with Gasteiger partial charge in [0.05, 0.1) is 17.1 Å². The number of hydrogen-bond acceptors (Lipinski definition) is 4. The predicted octanol–water partition coefficient (Wildman–Crippen LogP) is 1.13. The van der Waals surface area contributed by atoms with Crippen molar-refractivity contribution in [3.05, 3.63) is 24.0 Å². The molecule has 0 aliphatic rings. The predicted molar refractivity (Wildman–Crippen MR) is 69.5 cm³/mol. The Morgan fingerprint density at radius 3 is 2.65 bits per heavy atom. The second-order valence-corrected chi connectivity index (χ2v) is 6.05. The molecule has 96 valence electrons. The summed E-state index contributed by atoms with van der Waals surface area (Å²) in [7, 11) is -3.35. The molecule has 0 spiro atoms. The number of nitrogens with one attached hydrogen (secondary N) is 2. The Kier molecular flexibility index (Phi) is 4.89. The average Bonchev–Trinajstić information content (AvgIpc) is 2.28. The van der Waals surface area contributed by atoms with Gasteiger partial charge in [0.25, 0.3) is 0 Å². The molecule has 0 saturated heterocycles. The molecule has 0 radical (unpaired) electrons. The quantitative estimate of drug-likeness (QED) is 0.801. The van der Waals surface area contributed by atoms with Gasteiger partial charge in [-0.15, -0.1) is 0 Å². The third kappa shape index (κ3) is 4.32. The number of rotatable bonds is 6. The van der Waals surface area contributed by atoms with Gasteiger partial charge in [-0.25, -0.2) is 8.42 Å². The highest BCUT2D eigenvalue weighted by molar-refractivity contribution is 7.93. The van der Waals surface area contributed by atoms with Gasteiger partial charge in [0.2, 0.25) is 10.0 Å². The second kappa shape index (κ2) is 5.97. The highest BCUT2D eigenvalue weighted by Gasteiger charge is 2.19. The summed E-state index contributed by atoms with van der Waals surface area (Å²) in [6.45, 7) is 6.66. The zero-order valence-corrected chi connectivity index (χ0v) is 11.2. The Morgan fingerprint density at radius 1 is 1.41 bits per heavy atom. The minimum atomic E-state index is -3.35. The molecule has 5 nitrogen and oxygen atoms in total. The van der Waals surface area contributed by atoms with E-state index in [-0.39, 0.29) is 0 Å². The Bertz CT molecular complexity index is 442. The van der Waals surface area contributed by atoms with Crippen LogP contribution in [0.2, 0.25) is 0 Å². The average molecular weight is 257 g/mol. The van der Waals surface area contributed by atoms with Crippen LogP contribution < -0.4 is 10.0 Å². The summed E-state index contributed by atoms with van der Waals surface area (Å²) >= 11 is 0. The number of aromatic nitrogens is 1. The number of anilines is 1. The normalized spacial score (nSPS) is 13.4. The van der Waals surface area contributed by atoms with Gasteiger partial charge in [0.15, 0.2) is 0 Å². The van der Waals surface area contributed by atoms with Gasteiger partial charge < -0.3 is 5.32 Å². The molecule has 0 aliphatic carbocycles. The number of pyridine rings is 1. The van der Waals surface area contributed by atoms with Crippen molar-refractivity contribution in [1.82, 2.24) is 10.3 Å². The minimum absolute atomic E-state index is 0.436. The maximum atomic E-state index is 11.9. The molecule has 1 rings (SSSR count). The summed E-state index contributed by atoms with van der Waals surface area (Å²) in [5, 5.41) is 2.53. The Hall–Kier alpha value is -1.14. The van der Waals surface area contributed by atoms with Crippen LogP contribution in [0.4, 0.5) is 5.69 Å². The molecular formula is C11H19N3O2S. The number of hydrogen-bond donors (Lipinski definition) is 2. The van der Waals surface area contributed by atoms with Crippen molar-refractivity contribution in [3.63, 3.8) is 0 Å². The number of nitrogens with zero attached hydrogens (tertiary/aromatic N) is 1. The van der Waals surface area contributed by atoms with Crippen LogP contribution in [0.3, 0.4) is 0 Å². The van der Waals surface area contributed by atoms with Crippen molar-refractivity contribution in [2.45, 2.75) is 26.0 Å². The van der Waals surface area contributed by atoms with Crippen molar-refractivity contribution >= 4 is 15.7 Å². The van der Waals surface area contributed by atoms with Crippen molar-refractivity contribution < 1.29 is 8.42 Å². The SMILES string of the molecule is CCNCC(C)S(=O)(=O)Nc1ccc(C)nc1. The first-order valence-corrected chi connectivity index (χ1v) is 7.15. The molecule has 1 unspecified atom stereocenters. The molecule has 1 heterocycles. The first-order chi connectivity index (χ1) is 7.95. The summed E-state index contributed by atoms with van der Waals surface area (Å²) in [4.78, 5) is 4.04. The van der Waals surface area contributed by atoms with E-state index in [0.717, 1.165) is 12.2 Å². The Balaban J connectivity index is 2.69. The van der Waals surface area contributed by atoms with E-state index in [4.69, 9.17) is 0 Å². The zero-order chi connectivity index (χ0) is 12.9. The van der Waals surface area contributed by atoms with Crippen LogP contribution in [-0.2, 0) is 10.0 Å². The van der Waals surface area contributed by atoms with Crippen molar-refractivity contribution in [2.24, 2.45) is 0 Å². The van der Waals surface area contributed by atoms with E-state index in [0.29, 0.717) is 12.2 Å². The van der Waals surface area contributed by atoms with Crippen molar-refractivity contribution in [1.29, 1.82) is 0 Å². The molecule has 0 aliphatic heterocycles. The first-order valence-electron chi connectivity index (χ1n) is 5.60. The van der Waals surface area contributed by atoms with E-state index in [1.807, 2.05) is 13.8 Å². The topological polar surface area (TPSA) is 71.1 Å². The lowest BCUT2D eigenvalue weighted by Crippen LogP contribution is -2.34. The van der Waals surface area contributed by atoms with Crippen LogP contribution in [0.15, 0.2) is 18.3 Å². The van der Waals surface area contributed by atoms with Crippen LogP contribution in [0.25, 0.3) is 0 Å². The smallest absolute Gasteiger partial charge is 0.236 e. The van der Waals surface area contributed by atoms with E-state index >= 15 is 0 Å². The summed E-state index contributed by atoms with van der Waals surface area (Å²) in [6.07, 6.45) is 1.52. The van der Waals surface area contributed by atoms with Crippen LogP contribution >= 0.6 is 0 Å². The Morgan fingerprint density at radius 2 is 2.12 bits per heavy atom. The molecule has 6 heteroatoms. The molecule has 1 aromatic heterocycles. The van der Waals surface area contributed by atoms with Gasteiger partial charge >= 0.3 is 0 Å². The van der Waals surface area contributed by atoms with Crippen molar-refractivity contribution in [3.8, 4) is 0 Å². The highest BCUT2D eigenvalue weighted by atomic mass is 32.2. The molecular weight excluding hydrogens is 238 g/mol. The van der Waals surface area contributed by atoms with E-state index in [1.165, 1.54) is 6.20 Å². The standard InChI is InChI=1S/C11H19N3O2S/c1-4-12-7-10(3)17(15,16)14-11-6-5-9(2)13-8-11/h5-6,8,10,12,14H,4,7H2,1-3H3. The highest BCUT2D eigenvalue weighted by Crippen LogP contribution is 2.10. The molecule has 0 amide bonds. The fourth-order valence-electron chi connectivity index (χ4n) is 1.25. The largest absolute Gasteiger partial charge is 0.316 e. The van der Waals surface area contributed by atoms with Gasteiger partial charge in [-0.1, -0.05) is 6.92 Å². The lowest BCUT2D eigenvalue weighted by molar-refractivity contribution is 0.579. The van der Waals surface area contributed by atoms with Gasteiger partial charge in [0, 0.05) is 12.2 Å². The van der Waals surface area contributed by atoms with Gasteiger partial charge in [0.1, 0.15) is 0 Å². The summed E-state index contributed by atoms with van der Waals surface area (Å²) in [5.74, 6) is 0. The van der Waals surface area contributed by atoms with Crippen molar-refractivity contribution in [2.75, 3.05) is 17.8 Å². The maximum Gasteiger partial charge on any atom is 0.236 e. The Labute approximate surface area is 103 Å². The zero-order valence-electron chi connectivity index (χ0n) is 10.4. The monoisotopic (exact) mass is 257 g/mol. The number of sulfonamides is 1. The second-order valence-electron chi connectivity index (χ2n) is 3.95. The van der Waals surface area contributed by atoms with E-state index in [9.17, 15) is 8.42 Å². The molecule has 0 aromatic carbocycles. The molecule has 1 atom stereocenters. The maximum absolute atomic E-state index is 11.9. The fraction of sp³-hybridized carbons (Fsp3) is 0.545. The third-order valence-electron chi connectivity index (χ3n) is 2.38. The van der Waals surface area contributed by atoms with Crippen LogP contribution in [0, 0.1) is 6.92 Å². The lowest BCUT2D eigenvalue weighted by Gasteiger charge is -2.14. The number of aryl methyl sites for hydroxylation is 1. The molecule has 17 heavy (non-hydrogen) atoms. The molecule has 2 N–H and O–H groups in total. The summed E-state index contributed by atoms with van der Waals surface area (Å²) in [5.41, 5.74) is 1.35. The van der Waals surface area contributed by atoms with Gasteiger partial charge in [-0.2, -0.15) is 0 Å². The van der Waals surface area contributed by atoms with E-state index in [1.54, 1.807) is 19.1 Å². The summed E-state index contributed by atoms with van der Waals surface area (Å²) < 4.78 is 26.3. The van der Waals surface area contributed by atoms with Crippen LogP contribution in [0.1, 0.15) is 19.5 Å². The van der Waals surface area contributed by atoms with E-state index in [2.05, 4.69) is 15.0 Å². The third-order valence-corrected chi connectivity index (χ3v) is 4.13. The molecule has 0 bridgehead atoms. The summed E-state index contributed by atoms with van der Waals surface area (Å²) in [6, 6.07) is 3.48. The van der Waals surface area contributed by atoms with Crippen LogP contribution in [0.5, 0.6) is 0 Å². The van der Waals surface area contributed by atoms with Crippen LogP contribution in [-0.4, -0.2) is 31.7 Å². The molecule has 0 fully saturated rings. The lowest BCUT2D eigenvalue weighted by atomic mass is 10.4. The van der Waals surface area contributed by atoms with Gasteiger partial charge in [-0.3, -0.25) is 9.71 Å². The van der Waals surface area contributed by atoms with Gasteiger partial charge in [-0.05, 0) is 32.5 Å². The minimum Gasteiger partial charge on any atom is -0.316 e. The molecule has 1 aromatic rings. The van der Waals surface area contributed by atoms with E-state index < -0.39 is 15.3 Å². The fourth-order valence-corrected chi connectivity index (χ4v) is 2.24. The first kappa shape index (κ1) is 13.9.